The molecule has 1 aromatic rings. The average Bonchev–Trinajstić information content (AvgIpc) is 2.46. The van der Waals surface area contributed by atoms with Crippen LogP contribution in [0.2, 0.25) is 0 Å². The van der Waals surface area contributed by atoms with Crippen molar-refractivity contribution in [2.45, 2.75) is 26.3 Å². The van der Waals surface area contributed by atoms with Crippen molar-refractivity contribution in [1.82, 2.24) is 4.90 Å². The van der Waals surface area contributed by atoms with Gasteiger partial charge in [0.25, 0.3) is 11.8 Å². The van der Waals surface area contributed by atoms with Crippen molar-refractivity contribution >= 4 is 17.5 Å². The lowest BCUT2D eigenvalue weighted by Gasteiger charge is -2.27. The summed E-state index contributed by atoms with van der Waals surface area (Å²) < 4.78 is 5.33. The van der Waals surface area contributed by atoms with Crippen LogP contribution in [0, 0.1) is 0 Å². The van der Waals surface area contributed by atoms with Crippen LogP contribution in [0.1, 0.15) is 30.6 Å². The van der Waals surface area contributed by atoms with E-state index in [9.17, 15) is 9.59 Å². The van der Waals surface area contributed by atoms with Gasteiger partial charge in [0.15, 0.2) is 6.61 Å². The van der Waals surface area contributed by atoms with Crippen LogP contribution in [-0.4, -0.2) is 47.6 Å². The topological polar surface area (TPSA) is 78.9 Å². The van der Waals surface area contributed by atoms with Crippen LogP contribution in [0.25, 0.3) is 0 Å². The fourth-order valence-corrected chi connectivity index (χ4v) is 2.21. The van der Waals surface area contributed by atoms with Gasteiger partial charge in [-0.2, -0.15) is 0 Å². The smallest absolute Gasteiger partial charge is 0.262 e. The molecule has 1 aromatic carbocycles. The molecule has 0 aliphatic carbocycles. The SMILES string of the molecule is CC(C)N(CCCO)C(=O)c1ccc2c(c1)OCC(=O)N2. The van der Waals surface area contributed by atoms with Gasteiger partial charge in [-0.15, -0.1) is 0 Å². The molecule has 0 bridgehead atoms. The van der Waals surface area contributed by atoms with E-state index in [0.717, 1.165) is 0 Å². The van der Waals surface area contributed by atoms with Crippen molar-refractivity contribution < 1.29 is 19.4 Å². The third-order valence-electron chi connectivity index (χ3n) is 3.30. The predicted octanol–water partition coefficient (Wildman–Crippen LogP) is 1.25. The fourth-order valence-electron chi connectivity index (χ4n) is 2.21. The van der Waals surface area contributed by atoms with Crippen molar-refractivity contribution in [3.63, 3.8) is 0 Å². The number of aliphatic hydroxyl groups excluding tert-OH is 1. The van der Waals surface area contributed by atoms with Crippen LogP contribution in [-0.2, 0) is 4.79 Å². The second-order valence-corrected chi connectivity index (χ2v) is 5.22. The van der Waals surface area contributed by atoms with E-state index >= 15 is 0 Å². The lowest BCUT2D eigenvalue weighted by atomic mass is 10.1. The van der Waals surface area contributed by atoms with E-state index in [1.165, 1.54) is 0 Å². The standard InChI is InChI=1S/C15H20N2O4/c1-10(2)17(6-3-7-18)15(20)11-4-5-12-13(8-11)21-9-14(19)16-12/h4-5,8,10,18H,3,6-7,9H2,1-2H3,(H,16,19). The summed E-state index contributed by atoms with van der Waals surface area (Å²) in [5, 5.41) is 11.6. The molecule has 114 valence electrons. The summed E-state index contributed by atoms with van der Waals surface area (Å²) in [5.41, 5.74) is 1.09. The molecule has 0 fully saturated rings. The molecule has 0 atom stereocenters. The normalized spacial score (nSPS) is 13.4. The quantitative estimate of drug-likeness (QED) is 0.856. The van der Waals surface area contributed by atoms with Gasteiger partial charge in [0.05, 0.1) is 5.69 Å². The predicted molar refractivity (Wildman–Crippen MR) is 78.4 cm³/mol. The van der Waals surface area contributed by atoms with Crippen molar-refractivity contribution in [1.29, 1.82) is 0 Å². The van der Waals surface area contributed by atoms with Crippen LogP contribution in [0.4, 0.5) is 5.69 Å². The molecule has 2 N–H and O–H groups in total. The second kappa shape index (κ2) is 6.58. The molecular formula is C15H20N2O4. The van der Waals surface area contributed by atoms with E-state index in [0.29, 0.717) is 30.0 Å². The van der Waals surface area contributed by atoms with Gasteiger partial charge in [0, 0.05) is 24.8 Å². The Labute approximate surface area is 123 Å². The van der Waals surface area contributed by atoms with Gasteiger partial charge < -0.3 is 20.1 Å². The molecule has 0 unspecified atom stereocenters. The number of rotatable bonds is 5. The van der Waals surface area contributed by atoms with E-state index in [-0.39, 0.29) is 31.1 Å². The number of nitrogens with one attached hydrogen (secondary N) is 1. The van der Waals surface area contributed by atoms with Gasteiger partial charge in [-0.05, 0) is 38.5 Å². The van der Waals surface area contributed by atoms with Gasteiger partial charge in [-0.1, -0.05) is 0 Å². The average molecular weight is 292 g/mol. The van der Waals surface area contributed by atoms with Crippen LogP contribution in [0.3, 0.4) is 0 Å². The molecule has 6 heteroatoms. The Balaban J connectivity index is 2.20. The number of hydrogen-bond acceptors (Lipinski definition) is 4. The van der Waals surface area contributed by atoms with E-state index in [4.69, 9.17) is 9.84 Å². The number of anilines is 1. The highest BCUT2D eigenvalue weighted by molar-refractivity contribution is 5.99. The monoisotopic (exact) mass is 292 g/mol. The van der Waals surface area contributed by atoms with Gasteiger partial charge in [-0.25, -0.2) is 0 Å². The number of hydrogen-bond donors (Lipinski definition) is 2. The second-order valence-electron chi connectivity index (χ2n) is 5.22. The first-order valence-corrected chi connectivity index (χ1v) is 7.01. The minimum Gasteiger partial charge on any atom is -0.482 e. The number of amides is 2. The maximum absolute atomic E-state index is 12.5. The van der Waals surface area contributed by atoms with Crippen molar-refractivity contribution in [2.75, 3.05) is 25.1 Å². The lowest BCUT2D eigenvalue weighted by Crippen LogP contribution is -2.38. The van der Waals surface area contributed by atoms with E-state index in [1.807, 2.05) is 13.8 Å². The zero-order chi connectivity index (χ0) is 15.4. The third-order valence-corrected chi connectivity index (χ3v) is 3.30. The Hall–Kier alpha value is -2.08. The molecule has 21 heavy (non-hydrogen) atoms. The molecule has 0 saturated carbocycles. The van der Waals surface area contributed by atoms with Crippen molar-refractivity contribution in [3.8, 4) is 5.75 Å². The van der Waals surface area contributed by atoms with Crippen molar-refractivity contribution in [3.05, 3.63) is 23.8 Å². The molecule has 0 aromatic heterocycles. The van der Waals surface area contributed by atoms with Gasteiger partial charge >= 0.3 is 0 Å². The van der Waals surface area contributed by atoms with Crippen LogP contribution < -0.4 is 10.1 Å². The first-order chi connectivity index (χ1) is 10.0. The maximum Gasteiger partial charge on any atom is 0.262 e. The first kappa shape index (κ1) is 15.3. The number of carbonyl (C=O) groups excluding carboxylic acids is 2. The van der Waals surface area contributed by atoms with Gasteiger partial charge in [0.1, 0.15) is 5.75 Å². The third kappa shape index (κ3) is 3.52. The lowest BCUT2D eigenvalue weighted by molar-refractivity contribution is -0.118. The van der Waals surface area contributed by atoms with Crippen molar-refractivity contribution in [2.24, 2.45) is 0 Å². The molecule has 1 aliphatic heterocycles. The Bertz CT molecular complexity index is 542. The molecule has 0 radical (unpaired) electrons. The number of carbonyl (C=O) groups is 2. The van der Waals surface area contributed by atoms with Gasteiger partial charge in [0.2, 0.25) is 0 Å². The number of benzene rings is 1. The number of fused-ring (bicyclic) bond motifs is 1. The van der Waals surface area contributed by atoms with E-state index in [2.05, 4.69) is 5.32 Å². The van der Waals surface area contributed by atoms with Crippen LogP contribution in [0.5, 0.6) is 5.75 Å². The van der Waals surface area contributed by atoms with Gasteiger partial charge in [-0.3, -0.25) is 9.59 Å². The zero-order valence-electron chi connectivity index (χ0n) is 12.3. The van der Waals surface area contributed by atoms with Crippen LogP contribution >= 0.6 is 0 Å². The molecule has 1 aliphatic rings. The molecule has 0 spiro atoms. The highest BCUT2D eigenvalue weighted by Gasteiger charge is 2.22. The summed E-state index contributed by atoms with van der Waals surface area (Å²) in [4.78, 5) is 25.5. The fraction of sp³-hybridized carbons (Fsp3) is 0.467. The minimum atomic E-state index is -0.201. The maximum atomic E-state index is 12.5. The number of aliphatic hydroxyl groups is 1. The van der Waals surface area contributed by atoms with E-state index < -0.39 is 0 Å². The summed E-state index contributed by atoms with van der Waals surface area (Å²) in [6.07, 6.45) is 0.543. The highest BCUT2D eigenvalue weighted by Crippen LogP contribution is 2.29. The van der Waals surface area contributed by atoms with Crippen LogP contribution in [0.15, 0.2) is 18.2 Å². The Kier molecular flexibility index (Phi) is 4.80. The van der Waals surface area contributed by atoms with E-state index in [1.54, 1.807) is 23.1 Å². The Morgan fingerprint density at radius 2 is 2.24 bits per heavy atom. The molecule has 6 nitrogen and oxygen atoms in total. The minimum absolute atomic E-state index is 0.0386. The number of nitrogens with zero attached hydrogens (tertiary/aromatic N) is 1. The molecule has 2 amide bonds. The number of ether oxygens (including phenoxy) is 1. The molecular weight excluding hydrogens is 272 g/mol. The summed E-state index contributed by atoms with van der Waals surface area (Å²) >= 11 is 0. The molecule has 2 rings (SSSR count). The molecule has 0 saturated heterocycles. The highest BCUT2D eigenvalue weighted by atomic mass is 16.5. The molecule has 1 heterocycles. The first-order valence-electron chi connectivity index (χ1n) is 7.01. The largest absolute Gasteiger partial charge is 0.482 e. The zero-order valence-corrected chi connectivity index (χ0v) is 12.3. The summed E-state index contributed by atoms with van der Waals surface area (Å²) in [6, 6.07) is 5.03. The Morgan fingerprint density at radius 3 is 2.90 bits per heavy atom. The summed E-state index contributed by atoms with van der Waals surface area (Å²) in [6.45, 7) is 4.38. The summed E-state index contributed by atoms with van der Waals surface area (Å²) in [7, 11) is 0. The summed E-state index contributed by atoms with van der Waals surface area (Å²) in [5.74, 6) is 0.196. The Morgan fingerprint density at radius 1 is 1.48 bits per heavy atom.